The molecule has 3 rings (SSSR count). The summed E-state index contributed by atoms with van der Waals surface area (Å²) in [7, 11) is 0. The molecule has 0 aromatic heterocycles. The average molecular weight is 406 g/mol. The molecule has 154 valence electrons. The molecule has 1 fully saturated rings. The zero-order valence-corrected chi connectivity index (χ0v) is 16.6. The Bertz CT molecular complexity index is 968. The van der Waals surface area contributed by atoms with Crippen LogP contribution >= 0.6 is 0 Å². The van der Waals surface area contributed by atoms with Gasteiger partial charge < -0.3 is 14.8 Å². The first-order valence-corrected chi connectivity index (χ1v) is 9.69. The van der Waals surface area contributed by atoms with Gasteiger partial charge in [-0.05, 0) is 61.1 Å². The van der Waals surface area contributed by atoms with E-state index >= 15 is 0 Å². The third kappa shape index (κ3) is 5.23. The van der Waals surface area contributed by atoms with Crippen LogP contribution in [0.15, 0.2) is 48.5 Å². The molecular weight excluding hydrogens is 384 g/mol. The lowest BCUT2D eigenvalue weighted by Gasteiger charge is -2.21. The Morgan fingerprint density at radius 2 is 1.57 bits per heavy atom. The molecule has 0 atom stereocenters. The summed E-state index contributed by atoms with van der Waals surface area (Å²) < 4.78 is 10.1. The van der Waals surface area contributed by atoms with Crippen molar-refractivity contribution in [3.8, 4) is 22.9 Å². The van der Waals surface area contributed by atoms with Crippen LogP contribution in [0.3, 0.4) is 0 Å². The summed E-state index contributed by atoms with van der Waals surface area (Å²) in [4.78, 5) is 35.3. The summed E-state index contributed by atoms with van der Waals surface area (Å²) in [6.07, 6.45) is 3.03. The summed E-state index contributed by atoms with van der Waals surface area (Å²) in [5.41, 5.74) is 1.24. The number of ether oxygens (including phenoxy) is 2. The third-order valence-electron chi connectivity index (χ3n) is 4.95. The van der Waals surface area contributed by atoms with E-state index in [1.165, 1.54) is 6.92 Å². The SMILES string of the molecule is CC(=O)Oc1ccc(-c2ccc(C(=O)OCC(=O)NC3(C#N)CCCC3)cc2)cc1. The second-order valence-corrected chi connectivity index (χ2v) is 7.22. The number of esters is 2. The zero-order chi connectivity index (χ0) is 21.6. The molecule has 0 bridgehead atoms. The van der Waals surface area contributed by atoms with Gasteiger partial charge in [-0.2, -0.15) is 5.26 Å². The minimum atomic E-state index is -0.837. The summed E-state index contributed by atoms with van der Waals surface area (Å²) in [6, 6.07) is 15.9. The lowest BCUT2D eigenvalue weighted by atomic mass is 10.00. The molecule has 7 nitrogen and oxygen atoms in total. The van der Waals surface area contributed by atoms with Crippen LogP contribution in [0.4, 0.5) is 0 Å². The molecule has 2 aromatic carbocycles. The van der Waals surface area contributed by atoms with Gasteiger partial charge in [0, 0.05) is 6.92 Å². The van der Waals surface area contributed by atoms with Gasteiger partial charge in [-0.3, -0.25) is 9.59 Å². The highest BCUT2D eigenvalue weighted by Crippen LogP contribution is 2.28. The second kappa shape index (κ2) is 9.23. The third-order valence-corrected chi connectivity index (χ3v) is 4.95. The molecule has 1 aliphatic rings. The lowest BCUT2D eigenvalue weighted by molar-refractivity contribution is -0.132. The van der Waals surface area contributed by atoms with E-state index in [-0.39, 0.29) is 5.97 Å². The molecule has 30 heavy (non-hydrogen) atoms. The van der Waals surface area contributed by atoms with E-state index in [1.54, 1.807) is 36.4 Å². The van der Waals surface area contributed by atoms with E-state index < -0.39 is 24.0 Å². The van der Waals surface area contributed by atoms with Crippen molar-refractivity contribution in [1.82, 2.24) is 5.32 Å². The van der Waals surface area contributed by atoms with Crippen molar-refractivity contribution < 1.29 is 23.9 Å². The minimum Gasteiger partial charge on any atom is -0.452 e. The van der Waals surface area contributed by atoms with Crippen molar-refractivity contribution in [3.05, 3.63) is 54.1 Å². The molecule has 0 spiro atoms. The zero-order valence-electron chi connectivity index (χ0n) is 16.6. The van der Waals surface area contributed by atoms with E-state index in [0.29, 0.717) is 24.2 Å². The van der Waals surface area contributed by atoms with Crippen molar-refractivity contribution in [3.63, 3.8) is 0 Å². The molecule has 1 N–H and O–H groups in total. The number of nitrogens with one attached hydrogen (secondary N) is 1. The number of hydrogen-bond acceptors (Lipinski definition) is 6. The predicted octanol–water partition coefficient (Wildman–Crippen LogP) is 3.39. The number of nitrogens with zero attached hydrogens (tertiary/aromatic N) is 1. The smallest absolute Gasteiger partial charge is 0.338 e. The first kappa shape index (κ1) is 21.1. The average Bonchev–Trinajstić information content (AvgIpc) is 3.21. The van der Waals surface area contributed by atoms with Crippen molar-refractivity contribution in [2.24, 2.45) is 0 Å². The fourth-order valence-corrected chi connectivity index (χ4v) is 3.44. The number of nitriles is 1. The fraction of sp³-hybridized carbons (Fsp3) is 0.304. The number of rotatable bonds is 6. The number of amides is 1. The molecule has 0 saturated heterocycles. The van der Waals surface area contributed by atoms with Gasteiger partial charge in [0.25, 0.3) is 5.91 Å². The topological polar surface area (TPSA) is 105 Å². The van der Waals surface area contributed by atoms with Crippen molar-refractivity contribution in [2.45, 2.75) is 38.1 Å². The van der Waals surface area contributed by atoms with Crippen LogP contribution in [0, 0.1) is 11.3 Å². The van der Waals surface area contributed by atoms with Crippen LogP contribution in [0.25, 0.3) is 11.1 Å². The van der Waals surface area contributed by atoms with E-state index in [0.717, 1.165) is 24.0 Å². The Morgan fingerprint density at radius 1 is 1.00 bits per heavy atom. The van der Waals surface area contributed by atoms with Gasteiger partial charge in [-0.25, -0.2) is 4.79 Å². The lowest BCUT2D eigenvalue weighted by Crippen LogP contribution is -2.46. The molecule has 0 unspecified atom stereocenters. The summed E-state index contributed by atoms with van der Waals surface area (Å²) >= 11 is 0. The van der Waals surface area contributed by atoms with Crippen molar-refractivity contribution >= 4 is 17.8 Å². The fourth-order valence-electron chi connectivity index (χ4n) is 3.44. The molecule has 1 aliphatic carbocycles. The van der Waals surface area contributed by atoms with Gasteiger partial charge in [0.15, 0.2) is 6.61 Å². The van der Waals surface area contributed by atoms with Crippen LogP contribution < -0.4 is 10.1 Å². The molecule has 1 saturated carbocycles. The molecular formula is C23H22N2O5. The van der Waals surface area contributed by atoms with Gasteiger partial charge in [0.2, 0.25) is 0 Å². The second-order valence-electron chi connectivity index (χ2n) is 7.22. The summed E-state index contributed by atoms with van der Waals surface area (Å²) in [5, 5.41) is 12.0. The number of carbonyl (C=O) groups is 3. The predicted molar refractivity (Wildman–Crippen MR) is 108 cm³/mol. The maximum Gasteiger partial charge on any atom is 0.338 e. The van der Waals surface area contributed by atoms with Crippen LogP contribution in [0.2, 0.25) is 0 Å². The summed E-state index contributed by atoms with van der Waals surface area (Å²) in [6.45, 7) is 0.910. The number of carbonyl (C=O) groups excluding carboxylic acids is 3. The Kier molecular flexibility index (Phi) is 6.48. The maximum absolute atomic E-state index is 12.2. The Hall–Kier alpha value is -3.66. The van der Waals surface area contributed by atoms with Crippen molar-refractivity contribution in [2.75, 3.05) is 6.61 Å². The van der Waals surface area contributed by atoms with Gasteiger partial charge in [-0.15, -0.1) is 0 Å². The molecule has 0 aliphatic heterocycles. The highest BCUT2D eigenvalue weighted by molar-refractivity contribution is 5.92. The molecule has 7 heteroatoms. The van der Waals surface area contributed by atoms with Gasteiger partial charge >= 0.3 is 11.9 Å². The van der Waals surface area contributed by atoms with Crippen molar-refractivity contribution in [1.29, 1.82) is 5.26 Å². The standard InChI is InChI=1S/C23H22N2O5/c1-16(26)30-20-10-8-18(9-11-20)17-4-6-19(7-5-17)22(28)29-14-21(27)25-23(15-24)12-2-3-13-23/h4-11H,2-3,12-14H2,1H3,(H,25,27). The largest absolute Gasteiger partial charge is 0.452 e. The van der Waals surface area contributed by atoms with E-state index in [4.69, 9.17) is 9.47 Å². The minimum absolute atomic E-state index is 0.318. The monoisotopic (exact) mass is 406 g/mol. The van der Waals surface area contributed by atoms with Gasteiger partial charge in [0.05, 0.1) is 11.6 Å². The number of benzene rings is 2. The van der Waals surface area contributed by atoms with E-state index in [1.807, 2.05) is 12.1 Å². The molecule has 2 aromatic rings. The Labute approximate surface area is 174 Å². The highest BCUT2D eigenvalue weighted by Gasteiger charge is 2.35. The van der Waals surface area contributed by atoms with E-state index in [9.17, 15) is 19.6 Å². The molecule has 0 heterocycles. The number of hydrogen-bond donors (Lipinski definition) is 1. The molecule has 1 amide bonds. The van der Waals surface area contributed by atoms with Crippen LogP contribution in [-0.2, 0) is 14.3 Å². The van der Waals surface area contributed by atoms with Crippen LogP contribution in [-0.4, -0.2) is 30.0 Å². The van der Waals surface area contributed by atoms with Crippen LogP contribution in [0.5, 0.6) is 5.75 Å². The Balaban J connectivity index is 1.55. The van der Waals surface area contributed by atoms with Gasteiger partial charge in [0.1, 0.15) is 11.3 Å². The van der Waals surface area contributed by atoms with E-state index in [2.05, 4.69) is 11.4 Å². The molecule has 0 radical (unpaired) electrons. The normalized spacial score (nSPS) is 14.4. The first-order valence-electron chi connectivity index (χ1n) is 9.69. The summed E-state index contributed by atoms with van der Waals surface area (Å²) in [5.74, 6) is -1.01. The first-order chi connectivity index (χ1) is 14.4. The quantitative estimate of drug-likeness (QED) is 0.582. The van der Waals surface area contributed by atoms with Crippen LogP contribution in [0.1, 0.15) is 43.0 Å². The highest BCUT2D eigenvalue weighted by atomic mass is 16.5. The Morgan fingerprint density at radius 3 is 2.10 bits per heavy atom. The van der Waals surface area contributed by atoms with Gasteiger partial charge in [-0.1, -0.05) is 24.3 Å². The maximum atomic E-state index is 12.2.